The molecule has 0 aliphatic carbocycles. The Morgan fingerprint density at radius 3 is 2.81 bits per heavy atom. The van der Waals surface area contributed by atoms with Crippen LogP contribution in [0.5, 0.6) is 0 Å². The summed E-state index contributed by atoms with van der Waals surface area (Å²) >= 11 is 1.79. The minimum Gasteiger partial charge on any atom is -0.271 e. The number of nitrogens with one attached hydrogen (secondary N) is 1. The SMILES string of the molecule is NNC(Cc1ccc(F)cc1F)C1CSc2ccccc21. The molecule has 3 rings (SSSR count). The van der Waals surface area contributed by atoms with Crippen LogP contribution in [0.25, 0.3) is 0 Å². The average molecular weight is 306 g/mol. The smallest absolute Gasteiger partial charge is 0.129 e. The standard InChI is InChI=1S/C16H16F2N2S/c17-11-6-5-10(14(18)8-11)7-15(20-19)13-9-21-16-4-2-1-3-12(13)16/h1-6,8,13,15,20H,7,9,19H2. The first-order valence-corrected chi connectivity index (χ1v) is 7.79. The molecule has 1 heterocycles. The van der Waals surface area contributed by atoms with Gasteiger partial charge in [0.15, 0.2) is 0 Å². The highest BCUT2D eigenvalue weighted by Crippen LogP contribution is 2.41. The van der Waals surface area contributed by atoms with Crippen LogP contribution in [0.3, 0.4) is 0 Å². The van der Waals surface area contributed by atoms with E-state index in [-0.39, 0.29) is 12.0 Å². The van der Waals surface area contributed by atoms with Crippen LogP contribution in [0.4, 0.5) is 8.78 Å². The first-order chi connectivity index (χ1) is 10.2. The highest BCUT2D eigenvalue weighted by atomic mass is 32.2. The molecule has 0 saturated heterocycles. The Bertz CT molecular complexity index is 648. The van der Waals surface area contributed by atoms with Gasteiger partial charge in [-0.2, -0.15) is 0 Å². The van der Waals surface area contributed by atoms with Gasteiger partial charge in [0.25, 0.3) is 0 Å². The Kier molecular flexibility index (Phi) is 4.24. The fourth-order valence-electron chi connectivity index (χ4n) is 2.76. The van der Waals surface area contributed by atoms with Gasteiger partial charge in [0.2, 0.25) is 0 Å². The van der Waals surface area contributed by atoms with Crippen LogP contribution < -0.4 is 11.3 Å². The van der Waals surface area contributed by atoms with Crippen LogP contribution in [0.2, 0.25) is 0 Å². The lowest BCUT2D eigenvalue weighted by molar-refractivity contribution is 0.453. The average Bonchev–Trinajstić information content (AvgIpc) is 2.91. The zero-order valence-corrected chi connectivity index (χ0v) is 12.2. The molecular formula is C16H16F2N2S. The number of thioether (sulfide) groups is 1. The number of rotatable bonds is 4. The summed E-state index contributed by atoms with van der Waals surface area (Å²) in [4.78, 5) is 1.25. The van der Waals surface area contributed by atoms with Crippen molar-refractivity contribution in [1.82, 2.24) is 5.43 Å². The Labute approximate surface area is 126 Å². The molecule has 0 amide bonds. The van der Waals surface area contributed by atoms with E-state index in [1.54, 1.807) is 11.8 Å². The maximum atomic E-state index is 13.8. The molecule has 21 heavy (non-hydrogen) atoms. The molecule has 110 valence electrons. The fourth-order valence-corrected chi connectivity index (χ4v) is 4.09. The molecule has 3 N–H and O–H groups in total. The summed E-state index contributed by atoms with van der Waals surface area (Å²) in [6.07, 6.45) is 0.433. The summed E-state index contributed by atoms with van der Waals surface area (Å²) in [7, 11) is 0. The van der Waals surface area contributed by atoms with E-state index in [4.69, 9.17) is 5.84 Å². The quantitative estimate of drug-likeness (QED) is 0.673. The number of hydrogen-bond acceptors (Lipinski definition) is 3. The number of halogens is 2. The summed E-state index contributed by atoms with van der Waals surface area (Å²) in [6.45, 7) is 0. The molecule has 2 unspecified atom stereocenters. The zero-order valence-electron chi connectivity index (χ0n) is 11.4. The van der Waals surface area contributed by atoms with Gasteiger partial charge >= 0.3 is 0 Å². The number of nitrogens with two attached hydrogens (primary N) is 1. The second-order valence-corrected chi connectivity index (χ2v) is 6.23. The molecule has 0 fully saturated rings. The molecule has 0 aromatic heterocycles. The van der Waals surface area contributed by atoms with E-state index < -0.39 is 11.6 Å². The van der Waals surface area contributed by atoms with Gasteiger partial charge in [-0.25, -0.2) is 8.78 Å². The van der Waals surface area contributed by atoms with E-state index in [1.165, 1.54) is 22.6 Å². The largest absolute Gasteiger partial charge is 0.271 e. The molecule has 2 aromatic carbocycles. The molecule has 2 nitrogen and oxygen atoms in total. The van der Waals surface area contributed by atoms with Crippen molar-refractivity contribution in [2.45, 2.75) is 23.3 Å². The van der Waals surface area contributed by atoms with Crippen molar-refractivity contribution in [2.24, 2.45) is 5.84 Å². The van der Waals surface area contributed by atoms with E-state index in [0.29, 0.717) is 12.0 Å². The van der Waals surface area contributed by atoms with Gasteiger partial charge in [0.1, 0.15) is 11.6 Å². The lowest BCUT2D eigenvalue weighted by atomic mass is 9.89. The van der Waals surface area contributed by atoms with E-state index in [0.717, 1.165) is 11.8 Å². The molecule has 0 bridgehead atoms. The van der Waals surface area contributed by atoms with Crippen molar-refractivity contribution >= 4 is 11.8 Å². The minimum atomic E-state index is -0.560. The fraction of sp³-hybridized carbons (Fsp3) is 0.250. The van der Waals surface area contributed by atoms with E-state index in [2.05, 4.69) is 17.6 Å². The van der Waals surface area contributed by atoms with Crippen molar-refractivity contribution in [2.75, 3.05) is 5.75 Å². The normalized spacial score (nSPS) is 18.5. The molecule has 2 atom stereocenters. The van der Waals surface area contributed by atoms with Gasteiger partial charge in [-0.05, 0) is 29.7 Å². The first-order valence-electron chi connectivity index (χ1n) is 6.81. The summed E-state index contributed by atoms with van der Waals surface area (Å²) in [5, 5.41) is 0. The Balaban J connectivity index is 1.83. The number of fused-ring (bicyclic) bond motifs is 1. The van der Waals surface area contributed by atoms with Gasteiger partial charge in [0, 0.05) is 28.7 Å². The van der Waals surface area contributed by atoms with Crippen LogP contribution in [0.1, 0.15) is 17.0 Å². The highest BCUT2D eigenvalue weighted by molar-refractivity contribution is 7.99. The van der Waals surface area contributed by atoms with Crippen LogP contribution in [-0.4, -0.2) is 11.8 Å². The van der Waals surface area contributed by atoms with Gasteiger partial charge in [-0.1, -0.05) is 24.3 Å². The molecule has 0 spiro atoms. The van der Waals surface area contributed by atoms with Crippen LogP contribution in [-0.2, 0) is 6.42 Å². The zero-order chi connectivity index (χ0) is 14.8. The van der Waals surface area contributed by atoms with Crippen molar-refractivity contribution in [3.05, 3.63) is 65.2 Å². The lowest BCUT2D eigenvalue weighted by Crippen LogP contribution is -2.41. The summed E-state index contributed by atoms with van der Waals surface area (Å²) in [5.41, 5.74) is 4.53. The van der Waals surface area contributed by atoms with Gasteiger partial charge in [-0.15, -0.1) is 11.8 Å². The monoisotopic (exact) mass is 306 g/mol. The van der Waals surface area contributed by atoms with E-state index in [9.17, 15) is 8.78 Å². The maximum Gasteiger partial charge on any atom is 0.129 e. The molecule has 5 heteroatoms. The second kappa shape index (κ2) is 6.13. The van der Waals surface area contributed by atoms with Crippen LogP contribution in [0, 0.1) is 11.6 Å². The summed E-state index contributed by atoms with van der Waals surface area (Å²) in [5.74, 6) is 5.74. The summed E-state index contributed by atoms with van der Waals surface area (Å²) < 4.78 is 26.8. The van der Waals surface area contributed by atoms with E-state index >= 15 is 0 Å². The third-order valence-corrected chi connectivity index (χ3v) is 5.10. The van der Waals surface area contributed by atoms with Gasteiger partial charge < -0.3 is 0 Å². The minimum absolute atomic E-state index is 0.0823. The molecule has 0 radical (unpaired) electrons. The Hall–Kier alpha value is -1.43. The van der Waals surface area contributed by atoms with Crippen molar-refractivity contribution in [3.8, 4) is 0 Å². The second-order valence-electron chi connectivity index (χ2n) is 5.17. The molecule has 1 aliphatic rings. The lowest BCUT2D eigenvalue weighted by Gasteiger charge is -2.23. The third kappa shape index (κ3) is 2.95. The number of hydrogen-bond donors (Lipinski definition) is 2. The highest BCUT2D eigenvalue weighted by Gasteiger charge is 2.30. The summed E-state index contributed by atoms with van der Waals surface area (Å²) in [6, 6.07) is 11.8. The first kappa shape index (κ1) is 14.5. The Morgan fingerprint density at radius 2 is 2.05 bits per heavy atom. The molecular weight excluding hydrogens is 290 g/mol. The Morgan fingerprint density at radius 1 is 1.24 bits per heavy atom. The predicted octanol–water partition coefficient (Wildman–Crippen LogP) is 3.23. The van der Waals surface area contributed by atoms with Crippen molar-refractivity contribution in [1.29, 1.82) is 0 Å². The number of hydrazine groups is 1. The molecule has 1 aliphatic heterocycles. The van der Waals surface area contributed by atoms with E-state index in [1.807, 2.05) is 12.1 Å². The predicted molar refractivity (Wildman–Crippen MR) is 81.1 cm³/mol. The van der Waals surface area contributed by atoms with Crippen LogP contribution >= 0.6 is 11.8 Å². The van der Waals surface area contributed by atoms with Crippen molar-refractivity contribution < 1.29 is 8.78 Å². The topological polar surface area (TPSA) is 38.0 Å². The third-order valence-electron chi connectivity index (χ3n) is 3.89. The maximum absolute atomic E-state index is 13.8. The van der Waals surface area contributed by atoms with Crippen molar-refractivity contribution in [3.63, 3.8) is 0 Å². The number of benzene rings is 2. The molecule has 0 saturated carbocycles. The van der Waals surface area contributed by atoms with Gasteiger partial charge in [0.05, 0.1) is 0 Å². The van der Waals surface area contributed by atoms with Crippen LogP contribution in [0.15, 0.2) is 47.4 Å². The molecule has 2 aromatic rings. The van der Waals surface area contributed by atoms with Gasteiger partial charge in [-0.3, -0.25) is 11.3 Å².